The second-order valence-electron chi connectivity index (χ2n) is 3.66. The van der Waals surface area contributed by atoms with Crippen molar-refractivity contribution in [3.05, 3.63) is 28.2 Å². The second kappa shape index (κ2) is 7.21. The molecule has 19 heavy (non-hydrogen) atoms. The van der Waals surface area contributed by atoms with Gasteiger partial charge < -0.3 is 15.0 Å². The van der Waals surface area contributed by atoms with Crippen molar-refractivity contribution in [1.82, 2.24) is 5.32 Å². The van der Waals surface area contributed by atoms with Crippen molar-refractivity contribution in [3.63, 3.8) is 0 Å². The lowest BCUT2D eigenvalue weighted by Gasteiger charge is -2.23. The second-order valence-corrected chi connectivity index (χ2v) is 4.47. The molecule has 2 amide bonds. The lowest BCUT2D eigenvalue weighted by molar-refractivity contribution is -0.116. The molecule has 1 aromatic carbocycles. The summed E-state index contributed by atoms with van der Waals surface area (Å²) >= 11 is 12.1. The molecule has 0 aromatic heterocycles. The molecule has 0 spiro atoms. The first-order valence-corrected chi connectivity index (χ1v) is 6.27. The Morgan fingerprint density at radius 1 is 1.32 bits per heavy atom. The molecule has 0 radical (unpaired) electrons. The van der Waals surface area contributed by atoms with E-state index in [-0.39, 0.29) is 19.0 Å². The molecule has 0 heterocycles. The van der Waals surface area contributed by atoms with Crippen molar-refractivity contribution < 1.29 is 14.3 Å². The SMILES string of the molecule is COC(=O)NCCN(C(C)=O)c1c(Cl)cccc1Cl. The van der Waals surface area contributed by atoms with Gasteiger partial charge in [-0.2, -0.15) is 0 Å². The molecule has 0 atom stereocenters. The van der Waals surface area contributed by atoms with Gasteiger partial charge in [-0.15, -0.1) is 0 Å². The van der Waals surface area contributed by atoms with Gasteiger partial charge in [0.1, 0.15) is 0 Å². The maximum atomic E-state index is 11.7. The highest BCUT2D eigenvalue weighted by Gasteiger charge is 2.17. The van der Waals surface area contributed by atoms with E-state index in [4.69, 9.17) is 23.2 Å². The average molecular weight is 305 g/mol. The maximum absolute atomic E-state index is 11.7. The Balaban J connectivity index is 2.84. The molecule has 1 N–H and O–H groups in total. The molecule has 0 saturated heterocycles. The summed E-state index contributed by atoms with van der Waals surface area (Å²) < 4.78 is 4.44. The number of ether oxygens (including phenoxy) is 1. The number of nitrogens with zero attached hydrogens (tertiary/aromatic N) is 1. The molecule has 0 unspecified atom stereocenters. The molecule has 7 heteroatoms. The summed E-state index contributed by atoms with van der Waals surface area (Å²) in [5.41, 5.74) is 0.435. The first-order valence-electron chi connectivity index (χ1n) is 5.51. The van der Waals surface area contributed by atoms with Crippen LogP contribution in [-0.4, -0.2) is 32.2 Å². The third kappa shape index (κ3) is 4.29. The number of carbonyl (C=O) groups is 2. The van der Waals surface area contributed by atoms with E-state index in [0.717, 1.165) is 0 Å². The molecule has 0 fully saturated rings. The zero-order valence-corrected chi connectivity index (χ0v) is 12.1. The van der Waals surface area contributed by atoms with Gasteiger partial charge in [0.15, 0.2) is 0 Å². The number of anilines is 1. The minimum atomic E-state index is -0.561. The highest BCUT2D eigenvalue weighted by molar-refractivity contribution is 6.39. The van der Waals surface area contributed by atoms with Gasteiger partial charge in [0.2, 0.25) is 5.91 Å². The van der Waals surface area contributed by atoms with Crippen LogP contribution in [0.5, 0.6) is 0 Å². The third-order valence-electron chi connectivity index (χ3n) is 2.38. The predicted molar refractivity (Wildman–Crippen MR) is 74.9 cm³/mol. The Kier molecular flexibility index (Phi) is 5.92. The third-order valence-corrected chi connectivity index (χ3v) is 2.99. The smallest absolute Gasteiger partial charge is 0.406 e. The van der Waals surface area contributed by atoms with Crippen molar-refractivity contribution in [2.45, 2.75) is 6.92 Å². The molecule has 0 saturated carbocycles. The number of benzene rings is 1. The van der Waals surface area contributed by atoms with E-state index in [0.29, 0.717) is 15.7 Å². The average Bonchev–Trinajstić information content (AvgIpc) is 2.35. The number of methoxy groups -OCH3 is 1. The number of hydrogen-bond acceptors (Lipinski definition) is 3. The number of nitrogens with one attached hydrogen (secondary N) is 1. The van der Waals surface area contributed by atoms with Crippen LogP contribution in [0.15, 0.2) is 18.2 Å². The Hall–Kier alpha value is -1.46. The van der Waals surface area contributed by atoms with E-state index in [9.17, 15) is 9.59 Å². The largest absolute Gasteiger partial charge is 0.453 e. The number of hydrogen-bond donors (Lipinski definition) is 1. The van der Waals surface area contributed by atoms with E-state index in [1.54, 1.807) is 18.2 Å². The zero-order valence-electron chi connectivity index (χ0n) is 10.6. The minimum absolute atomic E-state index is 0.221. The van der Waals surface area contributed by atoms with Crippen LogP contribution in [0.25, 0.3) is 0 Å². The van der Waals surface area contributed by atoms with E-state index >= 15 is 0 Å². The molecule has 104 valence electrons. The van der Waals surface area contributed by atoms with Crippen molar-refractivity contribution in [3.8, 4) is 0 Å². The summed E-state index contributed by atoms with van der Waals surface area (Å²) in [5.74, 6) is -0.221. The summed E-state index contributed by atoms with van der Waals surface area (Å²) in [6, 6.07) is 4.98. The molecule has 0 aliphatic carbocycles. The fourth-order valence-electron chi connectivity index (χ4n) is 1.52. The quantitative estimate of drug-likeness (QED) is 0.930. The fraction of sp³-hybridized carbons (Fsp3) is 0.333. The molecule has 5 nitrogen and oxygen atoms in total. The number of amides is 2. The Morgan fingerprint density at radius 2 is 1.89 bits per heavy atom. The van der Waals surface area contributed by atoms with Crippen LogP contribution in [0.2, 0.25) is 10.0 Å². The number of halogens is 2. The maximum Gasteiger partial charge on any atom is 0.406 e. The zero-order chi connectivity index (χ0) is 14.4. The number of rotatable bonds is 4. The van der Waals surface area contributed by atoms with Gasteiger partial charge in [-0.1, -0.05) is 29.3 Å². The number of para-hydroxylation sites is 1. The fourth-order valence-corrected chi connectivity index (χ4v) is 2.12. The minimum Gasteiger partial charge on any atom is -0.453 e. The lowest BCUT2D eigenvalue weighted by Crippen LogP contribution is -2.37. The summed E-state index contributed by atoms with van der Waals surface area (Å²) in [4.78, 5) is 24.0. The first-order chi connectivity index (χ1) is 8.97. The van der Waals surface area contributed by atoms with Gasteiger partial charge >= 0.3 is 6.09 Å². The van der Waals surface area contributed by atoms with E-state index in [2.05, 4.69) is 10.1 Å². The van der Waals surface area contributed by atoms with Crippen LogP contribution < -0.4 is 10.2 Å². The predicted octanol–water partition coefficient (Wildman–Crippen LogP) is 2.70. The summed E-state index contributed by atoms with van der Waals surface area (Å²) in [6.45, 7) is 1.87. The van der Waals surface area contributed by atoms with Crippen molar-refractivity contribution in [2.24, 2.45) is 0 Å². The normalized spacial score (nSPS) is 9.89. The molecule has 0 aliphatic rings. The van der Waals surface area contributed by atoms with Crippen LogP contribution in [0.3, 0.4) is 0 Å². The van der Waals surface area contributed by atoms with Crippen LogP contribution in [-0.2, 0) is 9.53 Å². The summed E-state index contributed by atoms with van der Waals surface area (Å²) in [5, 5.41) is 3.24. The van der Waals surface area contributed by atoms with Gasteiger partial charge in [0, 0.05) is 20.0 Å². The molecular formula is C12H14Cl2N2O3. The molecule has 0 aliphatic heterocycles. The van der Waals surface area contributed by atoms with Gasteiger partial charge in [0.05, 0.1) is 22.8 Å². The Bertz CT molecular complexity index is 460. The molecule has 0 bridgehead atoms. The monoisotopic (exact) mass is 304 g/mol. The topological polar surface area (TPSA) is 58.6 Å². The van der Waals surface area contributed by atoms with Crippen LogP contribution >= 0.6 is 23.2 Å². The molecule has 1 aromatic rings. The molecular weight excluding hydrogens is 291 g/mol. The van der Waals surface area contributed by atoms with E-state index < -0.39 is 6.09 Å². The van der Waals surface area contributed by atoms with Gasteiger partial charge in [-0.25, -0.2) is 4.79 Å². The highest BCUT2D eigenvalue weighted by Crippen LogP contribution is 2.33. The van der Waals surface area contributed by atoms with Crippen LogP contribution in [0, 0.1) is 0 Å². The number of carbonyl (C=O) groups excluding carboxylic acids is 2. The van der Waals surface area contributed by atoms with Gasteiger partial charge in [0.25, 0.3) is 0 Å². The summed E-state index contributed by atoms with van der Waals surface area (Å²) in [6.07, 6.45) is -0.561. The highest BCUT2D eigenvalue weighted by atomic mass is 35.5. The number of alkyl carbamates (subject to hydrolysis) is 1. The van der Waals surface area contributed by atoms with Crippen molar-refractivity contribution >= 4 is 40.9 Å². The van der Waals surface area contributed by atoms with Crippen molar-refractivity contribution in [2.75, 3.05) is 25.1 Å². The standard InChI is InChI=1S/C12H14Cl2N2O3/c1-8(17)16(7-6-15-12(18)19-2)11-9(13)4-3-5-10(11)14/h3-5H,6-7H2,1-2H3,(H,15,18). The first kappa shape index (κ1) is 15.6. The lowest BCUT2D eigenvalue weighted by atomic mass is 10.2. The van der Waals surface area contributed by atoms with Gasteiger partial charge in [-0.05, 0) is 12.1 Å². The summed E-state index contributed by atoms with van der Waals surface area (Å²) in [7, 11) is 1.27. The van der Waals surface area contributed by atoms with Crippen molar-refractivity contribution in [1.29, 1.82) is 0 Å². The van der Waals surface area contributed by atoms with E-state index in [1.165, 1.54) is 18.9 Å². The van der Waals surface area contributed by atoms with Gasteiger partial charge in [-0.3, -0.25) is 4.79 Å². The van der Waals surface area contributed by atoms with E-state index in [1.807, 2.05) is 0 Å². The van der Waals surface area contributed by atoms with Crippen LogP contribution in [0.1, 0.15) is 6.92 Å². The van der Waals surface area contributed by atoms with Crippen LogP contribution in [0.4, 0.5) is 10.5 Å². The molecule has 1 rings (SSSR count). The Morgan fingerprint density at radius 3 is 2.37 bits per heavy atom. The Labute approximate surface area is 121 Å².